The number of amides is 1. The van der Waals surface area contributed by atoms with E-state index in [1.54, 1.807) is 0 Å². The van der Waals surface area contributed by atoms with Crippen molar-refractivity contribution in [1.82, 2.24) is 10.2 Å². The second kappa shape index (κ2) is 4.97. The summed E-state index contributed by atoms with van der Waals surface area (Å²) in [5.41, 5.74) is 0. The largest absolute Gasteiger partial charge is 0.342 e. The third kappa shape index (κ3) is 3.82. The topological polar surface area (TPSA) is 32.3 Å². The van der Waals surface area contributed by atoms with Crippen molar-refractivity contribution in [1.29, 1.82) is 0 Å². The fourth-order valence-electron chi connectivity index (χ4n) is 1.84. The third-order valence-corrected chi connectivity index (χ3v) is 3.32. The van der Waals surface area contributed by atoms with Gasteiger partial charge >= 0.3 is 0 Å². The number of likely N-dealkylation sites (N-methyl/N-ethyl adjacent to an activating group) is 1. The van der Waals surface area contributed by atoms with Gasteiger partial charge in [0.05, 0.1) is 6.54 Å². The van der Waals surface area contributed by atoms with Gasteiger partial charge in [-0.2, -0.15) is 0 Å². The quantitative estimate of drug-likeness (QED) is 0.686. The smallest absolute Gasteiger partial charge is 0.236 e. The Morgan fingerprint density at radius 1 is 1.27 bits per heavy atom. The fourth-order valence-corrected chi connectivity index (χ4v) is 1.84. The first-order valence-electron chi connectivity index (χ1n) is 6.28. The lowest BCUT2D eigenvalue weighted by molar-refractivity contribution is -0.130. The van der Waals surface area contributed by atoms with E-state index >= 15 is 0 Å². The normalized spacial score (nSPS) is 20.3. The highest BCUT2D eigenvalue weighted by Gasteiger charge is 2.26. The number of hydrogen-bond acceptors (Lipinski definition) is 2. The zero-order valence-electron chi connectivity index (χ0n) is 9.67. The van der Waals surface area contributed by atoms with Crippen LogP contribution in [0.2, 0.25) is 0 Å². The van der Waals surface area contributed by atoms with Gasteiger partial charge in [0.2, 0.25) is 5.91 Å². The monoisotopic (exact) mass is 210 g/mol. The van der Waals surface area contributed by atoms with Gasteiger partial charge in [-0.15, -0.1) is 0 Å². The van der Waals surface area contributed by atoms with Crippen LogP contribution in [-0.2, 0) is 4.79 Å². The van der Waals surface area contributed by atoms with E-state index in [0.717, 1.165) is 31.5 Å². The Hall–Kier alpha value is -0.570. The van der Waals surface area contributed by atoms with E-state index in [4.69, 9.17) is 0 Å². The first kappa shape index (κ1) is 10.9. The summed E-state index contributed by atoms with van der Waals surface area (Å²) in [4.78, 5) is 13.8. The van der Waals surface area contributed by atoms with Crippen molar-refractivity contribution in [3.63, 3.8) is 0 Å². The van der Waals surface area contributed by atoms with Crippen LogP contribution in [0.15, 0.2) is 0 Å². The van der Waals surface area contributed by atoms with E-state index in [9.17, 15) is 4.79 Å². The average molecular weight is 210 g/mol. The molecule has 3 heteroatoms. The number of nitrogens with one attached hydrogen (secondary N) is 1. The molecule has 2 rings (SSSR count). The molecule has 2 saturated carbocycles. The number of carbonyl (C=O) groups is 1. The second-order valence-corrected chi connectivity index (χ2v) is 4.95. The maximum Gasteiger partial charge on any atom is 0.236 e. The van der Waals surface area contributed by atoms with Gasteiger partial charge in [0.1, 0.15) is 0 Å². The molecule has 1 N–H and O–H groups in total. The average Bonchev–Trinajstić information content (AvgIpc) is 3.08. The third-order valence-electron chi connectivity index (χ3n) is 3.32. The molecule has 3 nitrogen and oxygen atoms in total. The molecule has 0 atom stereocenters. The molecule has 0 aromatic carbocycles. The van der Waals surface area contributed by atoms with E-state index in [2.05, 4.69) is 12.2 Å². The van der Waals surface area contributed by atoms with Crippen LogP contribution in [0.4, 0.5) is 0 Å². The second-order valence-electron chi connectivity index (χ2n) is 4.95. The van der Waals surface area contributed by atoms with Crippen LogP contribution in [0.5, 0.6) is 0 Å². The maximum atomic E-state index is 11.8. The summed E-state index contributed by atoms with van der Waals surface area (Å²) in [7, 11) is 0. The highest BCUT2D eigenvalue weighted by molar-refractivity contribution is 5.78. The molecule has 0 aliphatic heterocycles. The lowest BCUT2D eigenvalue weighted by atomic mass is 10.3. The van der Waals surface area contributed by atoms with Crippen molar-refractivity contribution < 1.29 is 4.79 Å². The molecule has 2 fully saturated rings. The van der Waals surface area contributed by atoms with Gasteiger partial charge < -0.3 is 10.2 Å². The number of carbonyl (C=O) groups excluding carboxylic acids is 1. The van der Waals surface area contributed by atoms with Crippen molar-refractivity contribution in [2.24, 2.45) is 11.8 Å². The summed E-state index contributed by atoms with van der Waals surface area (Å²) in [6.07, 6.45) is 5.33. The van der Waals surface area contributed by atoms with Crippen LogP contribution >= 0.6 is 0 Å². The van der Waals surface area contributed by atoms with E-state index in [-0.39, 0.29) is 5.91 Å². The van der Waals surface area contributed by atoms with Crippen LogP contribution in [0, 0.1) is 11.8 Å². The highest BCUT2D eigenvalue weighted by atomic mass is 16.2. The zero-order valence-corrected chi connectivity index (χ0v) is 9.67. The van der Waals surface area contributed by atoms with E-state index < -0.39 is 0 Å². The summed E-state index contributed by atoms with van der Waals surface area (Å²) >= 11 is 0. The molecule has 0 radical (unpaired) electrons. The molecule has 0 saturated heterocycles. The van der Waals surface area contributed by atoms with Gasteiger partial charge in [0.15, 0.2) is 0 Å². The van der Waals surface area contributed by atoms with Gasteiger partial charge in [0.25, 0.3) is 0 Å². The standard InChI is InChI=1S/C12H22N2O/c1-2-14(9-11-5-6-11)12(15)8-13-7-10-3-4-10/h10-11,13H,2-9H2,1H3. The minimum atomic E-state index is 0.282. The van der Waals surface area contributed by atoms with Crippen LogP contribution in [-0.4, -0.2) is 37.0 Å². The van der Waals surface area contributed by atoms with Crippen LogP contribution in [0.25, 0.3) is 0 Å². The zero-order chi connectivity index (χ0) is 10.7. The Balaban J connectivity index is 1.61. The van der Waals surface area contributed by atoms with Crippen LogP contribution in [0.3, 0.4) is 0 Å². The predicted molar refractivity (Wildman–Crippen MR) is 60.6 cm³/mol. The van der Waals surface area contributed by atoms with Crippen molar-refractivity contribution in [3.05, 3.63) is 0 Å². The van der Waals surface area contributed by atoms with Crippen molar-refractivity contribution >= 4 is 5.91 Å². The molecule has 0 bridgehead atoms. The molecular formula is C12H22N2O. The summed E-state index contributed by atoms with van der Waals surface area (Å²) in [6.45, 7) is 5.49. The molecule has 0 spiro atoms. The van der Waals surface area contributed by atoms with Gasteiger partial charge in [-0.05, 0) is 51.0 Å². The maximum absolute atomic E-state index is 11.8. The fraction of sp³-hybridized carbons (Fsp3) is 0.917. The Morgan fingerprint density at radius 3 is 2.47 bits per heavy atom. The molecule has 1 amide bonds. The predicted octanol–water partition coefficient (Wildman–Crippen LogP) is 1.24. The molecule has 2 aliphatic rings. The minimum Gasteiger partial charge on any atom is -0.342 e. The Morgan fingerprint density at radius 2 is 1.93 bits per heavy atom. The molecule has 2 aliphatic carbocycles. The number of rotatable bonds is 7. The van der Waals surface area contributed by atoms with Crippen molar-refractivity contribution in [2.75, 3.05) is 26.2 Å². The van der Waals surface area contributed by atoms with Gasteiger partial charge in [-0.3, -0.25) is 4.79 Å². The number of nitrogens with zero attached hydrogens (tertiary/aromatic N) is 1. The summed E-state index contributed by atoms with van der Waals surface area (Å²) in [5.74, 6) is 1.94. The molecule has 0 aromatic rings. The van der Waals surface area contributed by atoms with Crippen LogP contribution in [0.1, 0.15) is 32.6 Å². The SMILES string of the molecule is CCN(CC1CC1)C(=O)CNCC1CC1. The Bertz CT molecular complexity index is 222. The van der Waals surface area contributed by atoms with Crippen LogP contribution < -0.4 is 5.32 Å². The van der Waals surface area contributed by atoms with E-state index in [0.29, 0.717) is 6.54 Å². The summed E-state index contributed by atoms with van der Waals surface area (Å²) in [5, 5.41) is 3.26. The molecule has 0 heterocycles. The molecule has 15 heavy (non-hydrogen) atoms. The lowest BCUT2D eigenvalue weighted by Gasteiger charge is -2.20. The highest BCUT2D eigenvalue weighted by Crippen LogP contribution is 2.29. The van der Waals surface area contributed by atoms with E-state index in [1.807, 2.05) is 4.90 Å². The van der Waals surface area contributed by atoms with E-state index in [1.165, 1.54) is 25.7 Å². The van der Waals surface area contributed by atoms with Gasteiger partial charge in [-0.25, -0.2) is 0 Å². The van der Waals surface area contributed by atoms with Gasteiger partial charge in [0, 0.05) is 13.1 Å². The number of hydrogen-bond donors (Lipinski definition) is 1. The molecular weight excluding hydrogens is 188 g/mol. The first-order valence-corrected chi connectivity index (χ1v) is 6.28. The van der Waals surface area contributed by atoms with Crippen molar-refractivity contribution in [2.45, 2.75) is 32.6 Å². The van der Waals surface area contributed by atoms with Gasteiger partial charge in [-0.1, -0.05) is 0 Å². The van der Waals surface area contributed by atoms with Crippen molar-refractivity contribution in [3.8, 4) is 0 Å². The first-order chi connectivity index (χ1) is 7.29. The Kier molecular flexibility index (Phi) is 3.62. The summed E-state index contributed by atoms with van der Waals surface area (Å²) in [6, 6.07) is 0. The summed E-state index contributed by atoms with van der Waals surface area (Å²) < 4.78 is 0. The molecule has 0 aromatic heterocycles. The Labute approximate surface area is 92.2 Å². The minimum absolute atomic E-state index is 0.282. The molecule has 0 unspecified atom stereocenters. The molecule has 86 valence electrons. The lowest BCUT2D eigenvalue weighted by Crippen LogP contribution is -2.39.